The van der Waals surface area contributed by atoms with Gasteiger partial charge in [0.25, 0.3) is 0 Å². The van der Waals surface area contributed by atoms with Crippen molar-refractivity contribution in [2.75, 3.05) is 11.5 Å². The van der Waals surface area contributed by atoms with Gasteiger partial charge in [0.2, 0.25) is 0 Å². The molecule has 1 heterocycles. The van der Waals surface area contributed by atoms with Gasteiger partial charge in [0.05, 0.1) is 17.6 Å². The maximum absolute atomic E-state index is 11.2. The summed E-state index contributed by atoms with van der Waals surface area (Å²) in [6.07, 6.45) is -0.201. The molecule has 0 aromatic heterocycles. The number of carbonyl (C=O) groups is 1. The lowest BCUT2D eigenvalue weighted by atomic mass is 9.96. The first kappa shape index (κ1) is 10.7. The highest BCUT2D eigenvalue weighted by atomic mass is 32.2. The summed E-state index contributed by atoms with van der Waals surface area (Å²) in [6.45, 7) is 1.41. The van der Waals surface area contributed by atoms with Gasteiger partial charge in [-0.25, -0.2) is 8.42 Å². The van der Waals surface area contributed by atoms with E-state index in [1.165, 1.54) is 6.92 Å². The van der Waals surface area contributed by atoms with E-state index in [0.717, 1.165) is 0 Å². The van der Waals surface area contributed by atoms with Crippen LogP contribution in [0, 0.1) is 5.92 Å². The summed E-state index contributed by atoms with van der Waals surface area (Å²) in [5.74, 6) is -0.464. The van der Waals surface area contributed by atoms with Crippen molar-refractivity contribution in [3.8, 4) is 0 Å². The number of carbonyl (C=O) groups excluding carboxylic acids is 1. The minimum Gasteiger partial charge on any atom is -0.393 e. The van der Waals surface area contributed by atoms with E-state index in [4.69, 9.17) is 0 Å². The molecule has 0 radical (unpaired) electrons. The van der Waals surface area contributed by atoms with Gasteiger partial charge in [0.15, 0.2) is 9.84 Å². The van der Waals surface area contributed by atoms with Crippen LogP contribution in [0.25, 0.3) is 0 Å². The molecule has 4 nitrogen and oxygen atoms in total. The summed E-state index contributed by atoms with van der Waals surface area (Å²) in [4.78, 5) is 10.8. The Morgan fingerprint density at radius 1 is 1.54 bits per heavy atom. The lowest BCUT2D eigenvalue weighted by Crippen LogP contribution is -2.37. The molecule has 5 heteroatoms. The molecule has 1 saturated heterocycles. The molecule has 0 aliphatic carbocycles. The Hall–Kier alpha value is -0.420. The molecule has 1 aliphatic rings. The summed E-state index contributed by atoms with van der Waals surface area (Å²) in [5, 5.41) is 9.43. The first-order valence-corrected chi connectivity index (χ1v) is 6.11. The lowest BCUT2D eigenvalue weighted by molar-refractivity contribution is -0.118. The van der Waals surface area contributed by atoms with Gasteiger partial charge in [0.1, 0.15) is 5.78 Å². The molecule has 2 unspecified atom stereocenters. The predicted molar refractivity (Wildman–Crippen MR) is 48.1 cm³/mol. The zero-order valence-corrected chi connectivity index (χ0v) is 8.38. The summed E-state index contributed by atoms with van der Waals surface area (Å²) in [6, 6.07) is 0. The number of rotatable bonds is 2. The monoisotopic (exact) mass is 206 g/mol. The van der Waals surface area contributed by atoms with E-state index >= 15 is 0 Å². The topological polar surface area (TPSA) is 71.4 Å². The molecular formula is C8H14O4S. The van der Waals surface area contributed by atoms with Crippen molar-refractivity contribution in [3.05, 3.63) is 0 Å². The Bertz CT molecular complexity index is 293. The van der Waals surface area contributed by atoms with Gasteiger partial charge in [-0.3, -0.25) is 0 Å². The van der Waals surface area contributed by atoms with Crippen LogP contribution < -0.4 is 0 Å². The van der Waals surface area contributed by atoms with E-state index in [0.29, 0.717) is 0 Å². The van der Waals surface area contributed by atoms with Crippen molar-refractivity contribution < 1.29 is 18.3 Å². The quantitative estimate of drug-likeness (QED) is 0.677. The summed E-state index contributed by atoms with van der Waals surface area (Å²) >= 11 is 0. The molecular weight excluding hydrogens is 192 g/mol. The van der Waals surface area contributed by atoms with E-state index in [1.807, 2.05) is 0 Å². The fourth-order valence-corrected chi connectivity index (χ4v) is 3.38. The highest BCUT2D eigenvalue weighted by Crippen LogP contribution is 2.22. The van der Waals surface area contributed by atoms with Crippen molar-refractivity contribution in [2.45, 2.75) is 25.9 Å². The van der Waals surface area contributed by atoms with Crippen molar-refractivity contribution in [3.63, 3.8) is 0 Å². The molecule has 1 N–H and O–H groups in total. The first-order valence-electron chi connectivity index (χ1n) is 4.28. The van der Waals surface area contributed by atoms with Crippen molar-refractivity contribution in [1.82, 2.24) is 0 Å². The summed E-state index contributed by atoms with van der Waals surface area (Å²) in [7, 11) is -3.02. The second-order valence-corrected chi connectivity index (χ2v) is 5.87. The van der Waals surface area contributed by atoms with Crippen LogP contribution in [0.1, 0.15) is 19.8 Å². The van der Waals surface area contributed by atoms with E-state index in [1.54, 1.807) is 0 Å². The molecule has 0 bridgehead atoms. The number of aliphatic hydroxyl groups is 1. The van der Waals surface area contributed by atoms with Crippen molar-refractivity contribution in [2.24, 2.45) is 5.92 Å². The fourth-order valence-electron chi connectivity index (χ4n) is 1.62. The van der Waals surface area contributed by atoms with Gasteiger partial charge in [-0.05, 0) is 13.3 Å². The van der Waals surface area contributed by atoms with E-state index < -0.39 is 21.9 Å². The number of ketones is 1. The average Bonchev–Trinajstić information content (AvgIpc) is 1.95. The summed E-state index contributed by atoms with van der Waals surface area (Å²) < 4.78 is 22.3. The second kappa shape index (κ2) is 3.75. The Balaban J connectivity index is 2.66. The van der Waals surface area contributed by atoms with E-state index in [-0.39, 0.29) is 30.1 Å². The molecule has 1 fully saturated rings. The normalized spacial score (nSPS) is 32.8. The number of hydrogen-bond acceptors (Lipinski definition) is 4. The van der Waals surface area contributed by atoms with Crippen LogP contribution >= 0.6 is 0 Å². The van der Waals surface area contributed by atoms with Crippen molar-refractivity contribution in [1.29, 1.82) is 0 Å². The predicted octanol–water partition coefficient (Wildman–Crippen LogP) is -0.239. The number of aliphatic hydroxyl groups excluding tert-OH is 1. The molecule has 0 amide bonds. The standard InChI is InChI=1S/C8H14O4S/c1-6(9)4-7-5-13(11,12)3-2-8(7)10/h7-8,10H,2-5H2,1H3. The molecule has 2 atom stereocenters. The minimum absolute atomic E-state index is 0.0442. The van der Waals surface area contributed by atoms with Crippen LogP contribution in [0.3, 0.4) is 0 Å². The highest BCUT2D eigenvalue weighted by molar-refractivity contribution is 7.91. The summed E-state index contributed by atoms with van der Waals surface area (Å²) in [5.41, 5.74) is 0. The largest absolute Gasteiger partial charge is 0.393 e. The van der Waals surface area contributed by atoms with Crippen LogP contribution in [-0.2, 0) is 14.6 Å². The number of Topliss-reactive ketones (excluding diaryl/α,β-unsaturated/α-hetero) is 1. The van der Waals surface area contributed by atoms with E-state index in [9.17, 15) is 18.3 Å². The van der Waals surface area contributed by atoms with Crippen LogP contribution in [0.4, 0.5) is 0 Å². The maximum Gasteiger partial charge on any atom is 0.150 e. The van der Waals surface area contributed by atoms with Crippen LogP contribution in [-0.4, -0.2) is 36.9 Å². The molecule has 1 rings (SSSR count). The smallest absolute Gasteiger partial charge is 0.150 e. The van der Waals surface area contributed by atoms with Gasteiger partial charge < -0.3 is 9.90 Å². The minimum atomic E-state index is -3.02. The second-order valence-electron chi connectivity index (χ2n) is 3.64. The molecule has 0 spiro atoms. The number of sulfone groups is 1. The molecule has 0 aromatic carbocycles. The van der Waals surface area contributed by atoms with E-state index in [2.05, 4.69) is 0 Å². The van der Waals surface area contributed by atoms with Gasteiger partial charge >= 0.3 is 0 Å². The SMILES string of the molecule is CC(=O)CC1CS(=O)(=O)CCC1O. The van der Waals surface area contributed by atoms with Gasteiger partial charge in [-0.1, -0.05) is 0 Å². The Morgan fingerprint density at radius 2 is 2.15 bits per heavy atom. The van der Waals surface area contributed by atoms with Gasteiger partial charge in [-0.2, -0.15) is 0 Å². The molecule has 13 heavy (non-hydrogen) atoms. The third kappa shape index (κ3) is 3.08. The Morgan fingerprint density at radius 3 is 2.69 bits per heavy atom. The number of hydrogen-bond donors (Lipinski definition) is 1. The Labute approximate surface area is 77.9 Å². The fraction of sp³-hybridized carbons (Fsp3) is 0.875. The zero-order valence-electron chi connectivity index (χ0n) is 7.56. The molecule has 76 valence electrons. The third-order valence-electron chi connectivity index (χ3n) is 2.29. The molecule has 0 saturated carbocycles. The van der Waals surface area contributed by atoms with Crippen LogP contribution in [0.5, 0.6) is 0 Å². The first-order chi connectivity index (χ1) is 5.91. The lowest BCUT2D eigenvalue weighted by Gasteiger charge is -2.26. The van der Waals surface area contributed by atoms with Crippen molar-refractivity contribution >= 4 is 15.6 Å². The van der Waals surface area contributed by atoms with Gasteiger partial charge in [-0.15, -0.1) is 0 Å². The maximum atomic E-state index is 11.2. The zero-order chi connectivity index (χ0) is 10.1. The van der Waals surface area contributed by atoms with Crippen LogP contribution in [0.15, 0.2) is 0 Å². The molecule has 0 aromatic rings. The Kier molecular flexibility index (Phi) is 3.08. The highest BCUT2D eigenvalue weighted by Gasteiger charge is 2.32. The van der Waals surface area contributed by atoms with Crippen LogP contribution in [0.2, 0.25) is 0 Å². The average molecular weight is 206 g/mol. The van der Waals surface area contributed by atoms with Gasteiger partial charge in [0, 0.05) is 12.3 Å². The molecule has 1 aliphatic heterocycles. The third-order valence-corrected chi connectivity index (χ3v) is 4.08.